The molecule has 23 nitrogen and oxygen atoms in total. The molecule has 0 atom stereocenters. The molecule has 0 aromatic rings. The van der Waals surface area contributed by atoms with Crippen LogP contribution >= 0.6 is 0 Å². The molecule has 0 aliphatic rings. The smallest absolute Gasteiger partial charge is 0.222 e. The van der Waals surface area contributed by atoms with Crippen LogP contribution in [-0.4, -0.2) is 185 Å². The van der Waals surface area contributed by atoms with Crippen LogP contribution in [0.1, 0.15) is 70.6 Å². The highest BCUT2D eigenvalue weighted by Gasteiger charge is 2.10. The molecular formula is C42H75N9O14. The average molecular weight is 930 g/mol. The molecule has 0 fully saturated rings. The van der Waals surface area contributed by atoms with Gasteiger partial charge in [-0.25, -0.2) is 0 Å². The maximum Gasteiger partial charge on any atom is 0.222 e. The fourth-order valence-corrected chi connectivity index (χ4v) is 5.03. The minimum absolute atomic E-state index is 0.00492. The third-order valence-corrected chi connectivity index (χ3v) is 8.42. The van der Waals surface area contributed by atoms with Crippen molar-refractivity contribution in [1.29, 1.82) is 0 Å². The molecular weight excluding hydrogens is 855 g/mol. The number of hydrogen-bond donors (Lipinski definition) is 9. The van der Waals surface area contributed by atoms with Gasteiger partial charge in [0.1, 0.15) is 0 Å². The van der Waals surface area contributed by atoms with Crippen LogP contribution in [0.3, 0.4) is 0 Å². The summed E-state index contributed by atoms with van der Waals surface area (Å²) in [7, 11) is 0. The van der Waals surface area contributed by atoms with E-state index in [0.717, 1.165) is 12.8 Å². The molecule has 0 aliphatic carbocycles. The predicted molar refractivity (Wildman–Crippen MR) is 238 cm³/mol. The van der Waals surface area contributed by atoms with Gasteiger partial charge in [0.05, 0.1) is 85.8 Å². The molecule has 8 amide bonds. The Bertz CT molecular complexity index is 1370. The van der Waals surface area contributed by atoms with Gasteiger partial charge >= 0.3 is 0 Å². The number of hydrogen-bond acceptors (Lipinski definition) is 15. The minimum atomic E-state index is -0.335. The van der Waals surface area contributed by atoms with E-state index in [1.54, 1.807) is 0 Å². The number of nitrogens with one attached hydrogen (secondary N) is 8. The molecule has 0 aliphatic heterocycles. The monoisotopic (exact) mass is 930 g/mol. The van der Waals surface area contributed by atoms with Gasteiger partial charge in [0.15, 0.2) is 0 Å². The summed E-state index contributed by atoms with van der Waals surface area (Å²) in [5.74, 6) is 0.329. The van der Waals surface area contributed by atoms with Gasteiger partial charge in [0, 0.05) is 104 Å². The zero-order chi connectivity index (χ0) is 47.9. The summed E-state index contributed by atoms with van der Waals surface area (Å²) < 4.78 is 32.2. The van der Waals surface area contributed by atoms with E-state index in [4.69, 9.17) is 40.6 Å². The summed E-state index contributed by atoms with van der Waals surface area (Å²) in [6.45, 7) is 6.80. The van der Waals surface area contributed by atoms with Crippen molar-refractivity contribution >= 4 is 47.3 Å². The molecule has 0 unspecified atom stereocenters. The van der Waals surface area contributed by atoms with Crippen LogP contribution < -0.4 is 48.3 Å². The molecule has 0 bridgehead atoms. The molecule has 10 N–H and O–H groups in total. The van der Waals surface area contributed by atoms with E-state index in [1.165, 1.54) is 0 Å². The largest absolute Gasteiger partial charge is 0.378 e. The second kappa shape index (κ2) is 45.6. The number of amides is 8. The summed E-state index contributed by atoms with van der Waals surface area (Å²) >= 11 is 0. The Labute approximate surface area is 382 Å². The molecule has 0 heterocycles. The topological polar surface area (TPSA) is 314 Å². The lowest BCUT2D eigenvalue weighted by molar-refractivity contribution is -0.127. The van der Waals surface area contributed by atoms with E-state index in [0.29, 0.717) is 85.3 Å². The van der Waals surface area contributed by atoms with E-state index >= 15 is 0 Å². The Morgan fingerprint density at radius 2 is 0.615 bits per heavy atom. The lowest BCUT2D eigenvalue weighted by Crippen LogP contribution is -2.32. The van der Waals surface area contributed by atoms with Crippen LogP contribution in [0, 0.1) is 12.3 Å². The highest BCUT2D eigenvalue weighted by atomic mass is 16.5. The molecule has 23 heteroatoms. The second-order valence-electron chi connectivity index (χ2n) is 14.0. The van der Waals surface area contributed by atoms with Gasteiger partial charge in [-0.1, -0.05) is 12.3 Å². The fourth-order valence-electron chi connectivity index (χ4n) is 5.03. The number of ether oxygens (including phenoxy) is 6. The third-order valence-electron chi connectivity index (χ3n) is 8.42. The van der Waals surface area contributed by atoms with Gasteiger partial charge in [-0.05, 0) is 12.8 Å². The first-order valence-corrected chi connectivity index (χ1v) is 22.3. The van der Waals surface area contributed by atoms with E-state index < -0.39 is 0 Å². The predicted octanol–water partition coefficient (Wildman–Crippen LogP) is -3.10. The van der Waals surface area contributed by atoms with Crippen LogP contribution in [-0.2, 0) is 66.8 Å². The van der Waals surface area contributed by atoms with Crippen molar-refractivity contribution in [3.63, 3.8) is 0 Å². The number of carbonyl (C=O) groups excluding carboxylic acids is 8. The zero-order valence-electron chi connectivity index (χ0n) is 38.0. The van der Waals surface area contributed by atoms with E-state index in [2.05, 4.69) is 48.5 Å². The fraction of sp³-hybridized carbons (Fsp3) is 0.762. The van der Waals surface area contributed by atoms with Crippen LogP contribution in [0.25, 0.3) is 0 Å². The molecule has 0 radical (unpaired) electrons. The quantitative estimate of drug-likeness (QED) is 0.0216. The van der Waals surface area contributed by atoms with Crippen LogP contribution in [0.5, 0.6) is 0 Å². The molecule has 0 saturated heterocycles. The zero-order valence-corrected chi connectivity index (χ0v) is 38.0. The molecule has 0 aromatic heterocycles. The Morgan fingerprint density at radius 1 is 0.323 bits per heavy atom. The van der Waals surface area contributed by atoms with Crippen molar-refractivity contribution in [2.75, 3.05) is 138 Å². The number of rotatable bonds is 45. The van der Waals surface area contributed by atoms with E-state index in [9.17, 15) is 38.4 Å². The lowest BCUT2D eigenvalue weighted by Gasteiger charge is -2.09. The SMILES string of the molecule is C#CCNC(=O)CCNC(=O)CCC(=O)NCCOCCOCCNC(=O)CCC(=O)NCCOCCOCCNC(=O)CCCCCNC(=O)CCC(=O)NCCOCCOCCN. The molecule has 0 saturated carbocycles. The number of nitrogens with two attached hydrogens (primary N) is 1. The van der Waals surface area contributed by atoms with Crippen molar-refractivity contribution < 1.29 is 66.8 Å². The maximum absolute atomic E-state index is 12.0. The maximum atomic E-state index is 12.0. The van der Waals surface area contributed by atoms with Gasteiger partial charge in [0.25, 0.3) is 0 Å². The highest BCUT2D eigenvalue weighted by molar-refractivity contribution is 5.85. The summed E-state index contributed by atoms with van der Waals surface area (Å²) in [6.07, 6.45) is 7.95. The summed E-state index contributed by atoms with van der Waals surface area (Å²) in [5, 5.41) is 21.3. The first-order chi connectivity index (χ1) is 31.6. The average Bonchev–Trinajstić information content (AvgIpc) is 3.29. The molecule has 0 spiro atoms. The number of carbonyl (C=O) groups is 8. The minimum Gasteiger partial charge on any atom is -0.378 e. The van der Waals surface area contributed by atoms with Gasteiger partial charge in [0.2, 0.25) is 47.3 Å². The Hall–Kier alpha value is -4.96. The van der Waals surface area contributed by atoms with Crippen LogP contribution in [0.15, 0.2) is 0 Å². The standard InChI is InChI=1S/C42H75N9O14/c1-2-15-44-42(59)13-17-46-37(54)8-10-39(56)49-20-26-64-33-34-65-28-22-51-41(58)12-11-40(57)50-21-27-63-32-31-62-24-18-47-35(52)6-4-3-5-16-45-36(53)7-9-38(55)48-19-25-61-30-29-60-23-14-43/h1H,3-34,43H2,(H,44,59)(H,45,53)(H,46,54)(H,47,52)(H,48,55)(H,49,56)(H,50,57)(H,51,58). The van der Waals surface area contributed by atoms with Gasteiger partial charge in [-0.2, -0.15) is 0 Å². The first-order valence-electron chi connectivity index (χ1n) is 22.3. The van der Waals surface area contributed by atoms with Crippen molar-refractivity contribution in [3.05, 3.63) is 0 Å². The van der Waals surface area contributed by atoms with Crippen molar-refractivity contribution in [2.45, 2.75) is 70.6 Å². The van der Waals surface area contributed by atoms with Gasteiger partial charge < -0.3 is 76.7 Å². The van der Waals surface area contributed by atoms with Gasteiger partial charge in [-0.3, -0.25) is 38.4 Å². The molecule has 0 rings (SSSR count). The Morgan fingerprint density at radius 3 is 0.954 bits per heavy atom. The van der Waals surface area contributed by atoms with Crippen molar-refractivity contribution in [2.24, 2.45) is 5.73 Å². The van der Waals surface area contributed by atoms with Gasteiger partial charge in [-0.15, -0.1) is 6.42 Å². The van der Waals surface area contributed by atoms with E-state index in [1.807, 2.05) is 0 Å². The summed E-state index contributed by atoms with van der Waals surface area (Å²) in [5.41, 5.74) is 5.32. The Kier molecular flexibility index (Phi) is 42.1. The molecule has 0 aromatic carbocycles. The molecule has 372 valence electrons. The highest BCUT2D eigenvalue weighted by Crippen LogP contribution is 2.00. The molecule has 65 heavy (non-hydrogen) atoms. The normalized spacial score (nSPS) is 10.6. The Balaban J connectivity index is 3.50. The van der Waals surface area contributed by atoms with Crippen LogP contribution in [0.4, 0.5) is 0 Å². The summed E-state index contributed by atoms with van der Waals surface area (Å²) in [6, 6.07) is 0. The number of unbranched alkanes of at least 4 members (excludes halogenated alkanes) is 2. The summed E-state index contributed by atoms with van der Waals surface area (Å²) in [4.78, 5) is 94.9. The van der Waals surface area contributed by atoms with E-state index in [-0.39, 0.29) is 158 Å². The van der Waals surface area contributed by atoms with Crippen molar-refractivity contribution in [1.82, 2.24) is 42.5 Å². The lowest BCUT2D eigenvalue weighted by atomic mass is 10.2. The second-order valence-corrected chi connectivity index (χ2v) is 14.0. The van der Waals surface area contributed by atoms with Crippen molar-refractivity contribution in [3.8, 4) is 12.3 Å². The third kappa shape index (κ3) is 45.4. The first kappa shape index (κ1) is 60.0. The number of terminal acetylenes is 1. The van der Waals surface area contributed by atoms with Crippen LogP contribution in [0.2, 0.25) is 0 Å².